The Labute approximate surface area is 169 Å². The van der Waals surface area contributed by atoms with E-state index in [4.69, 9.17) is 0 Å². The van der Waals surface area contributed by atoms with Crippen LogP contribution in [-0.4, -0.2) is 36.2 Å². The van der Waals surface area contributed by atoms with Gasteiger partial charge in [-0.1, -0.05) is 6.07 Å². The first-order chi connectivity index (χ1) is 13.8. The van der Waals surface area contributed by atoms with Gasteiger partial charge in [0.1, 0.15) is 11.4 Å². The lowest BCUT2D eigenvalue weighted by atomic mass is 10.1. The molecule has 0 saturated carbocycles. The zero-order valence-electron chi connectivity index (χ0n) is 15.2. The Balaban J connectivity index is 1.68. The van der Waals surface area contributed by atoms with E-state index < -0.39 is 23.9 Å². The number of benzene rings is 1. The van der Waals surface area contributed by atoms with Crippen LogP contribution in [0.4, 0.5) is 18.9 Å². The Morgan fingerprint density at radius 3 is 2.21 bits per heavy atom. The molecular weight excluding hydrogens is 405 g/mol. The van der Waals surface area contributed by atoms with Crippen LogP contribution in [0.2, 0.25) is 0 Å². The predicted molar refractivity (Wildman–Crippen MR) is 102 cm³/mol. The molecule has 3 heterocycles. The molecule has 2 aliphatic heterocycles. The standard InChI is InChI=1S/C20H17F3N2O3S/c21-20(22,23)28-14-8-6-13(7-9-14)25-18(26)16(15-5-4-12-29-15)17(19(25)27)24-10-2-1-3-11-24/h4-9,12H,1-3,10-11H2. The lowest BCUT2D eigenvalue weighted by Gasteiger charge is -2.29. The molecule has 2 aliphatic rings. The van der Waals surface area contributed by atoms with Crippen LogP contribution < -0.4 is 9.64 Å². The summed E-state index contributed by atoms with van der Waals surface area (Å²) in [5, 5.41) is 1.83. The van der Waals surface area contributed by atoms with Crippen molar-refractivity contribution in [3.63, 3.8) is 0 Å². The van der Waals surface area contributed by atoms with Crippen molar-refractivity contribution in [1.29, 1.82) is 0 Å². The smallest absolute Gasteiger partial charge is 0.406 e. The molecule has 0 radical (unpaired) electrons. The van der Waals surface area contributed by atoms with E-state index >= 15 is 0 Å². The molecule has 0 spiro atoms. The highest BCUT2D eigenvalue weighted by molar-refractivity contribution is 7.11. The molecule has 1 aromatic heterocycles. The fraction of sp³-hybridized carbons (Fsp3) is 0.300. The SMILES string of the molecule is O=C1C(c2cccs2)=C(N2CCCCC2)C(=O)N1c1ccc(OC(F)(F)F)cc1. The minimum absolute atomic E-state index is 0.204. The number of amides is 2. The molecule has 0 bridgehead atoms. The van der Waals surface area contributed by atoms with Crippen molar-refractivity contribution >= 4 is 34.4 Å². The Hall–Kier alpha value is -2.81. The largest absolute Gasteiger partial charge is 0.573 e. The fourth-order valence-corrected chi connectivity index (χ4v) is 4.37. The second-order valence-corrected chi connectivity index (χ2v) is 7.68. The summed E-state index contributed by atoms with van der Waals surface area (Å²) in [4.78, 5) is 30.1. The van der Waals surface area contributed by atoms with Gasteiger partial charge in [0.2, 0.25) is 0 Å². The number of alkyl halides is 3. The Kier molecular flexibility index (Phi) is 5.08. The predicted octanol–water partition coefficient (Wildman–Crippen LogP) is 4.42. The lowest BCUT2D eigenvalue weighted by Crippen LogP contribution is -2.37. The number of likely N-dealkylation sites (tertiary alicyclic amines) is 1. The Bertz CT molecular complexity index is 946. The van der Waals surface area contributed by atoms with Crippen LogP contribution in [0, 0.1) is 0 Å². The summed E-state index contributed by atoms with van der Waals surface area (Å²) in [7, 11) is 0. The van der Waals surface area contributed by atoms with E-state index in [0.29, 0.717) is 29.2 Å². The molecule has 9 heteroatoms. The first kappa shape index (κ1) is 19.5. The van der Waals surface area contributed by atoms with Crippen LogP contribution in [0.5, 0.6) is 5.75 Å². The van der Waals surface area contributed by atoms with Gasteiger partial charge >= 0.3 is 6.36 Å². The van der Waals surface area contributed by atoms with Crippen molar-refractivity contribution in [2.75, 3.05) is 18.0 Å². The first-order valence-corrected chi connectivity index (χ1v) is 10.0. The van der Waals surface area contributed by atoms with E-state index in [1.54, 1.807) is 6.07 Å². The minimum Gasteiger partial charge on any atom is -0.406 e. The Morgan fingerprint density at radius 2 is 1.62 bits per heavy atom. The maximum absolute atomic E-state index is 13.2. The molecule has 0 aliphatic carbocycles. The van der Waals surface area contributed by atoms with E-state index in [2.05, 4.69) is 4.74 Å². The number of hydrogen-bond acceptors (Lipinski definition) is 5. The van der Waals surface area contributed by atoms with Gasteiger partial charge in [0.15, 0.2) is 0 Å². The molecule has 1 aromatic carbocycles. The third-order valence-electron chi connectivity index (χ3n) is 4.83. The number of anilines is 1. The fourth-order valence-electron chi connectivity index (χ4n) is 3.60. The van der Waals surface area contributed by atoms with Crippen molar-refractivity contribution < 1.29 is 27.5 Å². The molecule has 0 unspecified atom stereocenters. The van der Waals surface area contributed by atoms with Crippen LogP contribution in [0.25, 0.3) is 5.57 Å². The molecule has 2 amide bonds. The summed E-state index contributed by atoms with van der Waals surface area (Å²) in [6.07, 6.45) is -1.86. The number of piperidine rings is 1. The number of nitrogens with zero attached hydrogens (tertiary/aromatic N) is 2. The number of thiophene rings is 1. The highest BCUT2D eigenvalue weighted by atomic mass is 32.1. The molecule has 1 fully saturated rings. The van der Waals surface area contributed by atoms with Gasteiger partial charge in [-0.15, -0.1) is 24.5 Å². The average Bonchev–Trinajstić information content (AvgIpc) is 3.28. The second kappa shape index (κ2) is 7.55. The van der Waals surface area contributed by atoms with E-state index in [0.717, 1.165) is 36.3 Å². The first-order valence-electron chi connectivity index (χ1n) is 9.13. The molecule has 5 nitrogen and oxygen atoms in total. The molecule has 29 heavy (non-hydrogen) atoms. The normalized spacial score (nSPS) is 18.0. The molecular formula is C20H17F3N2O3S. The zero-order valence-corrected chi connectivity index (χ0v) is 16.1. The molecule has 0 atom stereocenters. The summed E-state index contributed by atoms with van der Waals surface area (Å²) in [6, 6.07) is 8.34. The number of halogens is 3. The Morgan fingerprint density at radius 1 is 0.931 bits per heavy atom. The number of imide groups is 1. The third kappa shape index (κ3) is 3.87. The van der Waals surface area contributed by atoms with Gasteiger partial charge < -0.3 is 9.64 Å². The molecule has 0 N–H and O–H groups in total. The summed E-state index contributed by atoms with van der Waals surface area (Å²) in [5.41, 5.74) is 0.922. The van der Waals surface area contributed by atoms with E-state index in [9.17, 15) is 22.8 Å². The number of hydrogen-bond donors (Lipinski definition) is 0. The third-order valence-corrected chi connectivity index (χ3v) is 5.72. The van der Waals surface area contributed by atoms with Crippen molar-refractivity contribution in [3.8, 4) is 5.75 Å². The van der Waals surface area contributed by atoms with Crippen molar-refractivity contribution in [2.45, 2.75) is 25.6 Å². The van der Waals surface area contributed by atoms with Gasteiger partial charge in [-0.2, -0.15) is 0 Å². The molecule has 2 aromatic rings. The summed E-state index contributed by atoms with van der Waals surface area (Å²) in [6.45, 7) is 1.38. The van der Waals surface area contributed by atoms with Gasteiger partial charge in [-0.3, -0.25) is 9.59 Å². The van der Waals surface area contributed by atoms with Crippen LogP contribution in [0.15, 0.2) is 47.5 Å². The van der Waals surface area contributed by atoms with Crippen molar-refractivity contribution in [1.82, 2.24) is 4.90 Å². The topological polar surface area (TPSA) is 49.9 Å². The minimum atomic E-state index is -4.81. The van der Waals surface area contributed by atoms with E-state index in [1.807, 2.05) is 16.3 Å². The number of carbonyl (C=O) groups excluding carboxylic acids is 2. The molecule has 152 valence electrons. The van der Waals surface area contributed by atoms with E-state index in [1.165, 1.54) is 23.5 Å². The maximum Gasteiger partial charge on any atom is 0.573 e. The van der Waals surface area contributed by atoms with Crippen LogP contribution in [-0.2, 0) is 9.59 Å². The van der Waals surface area contributed by atoms with Crippen molar-refractivity contribution in [2.24, 2.45) is 0 Å². The highest BCUT2D eigenvalue weighted by Gasteiger charge is 2.43. The second-order valence-electron chi connectivity index (χ2n) is 6.74. The summed E-state index contributed by atoms with van der Waals surface area (Å²) in [5.74, 6) is -1.34. The number of ether oxygens (including phenoxy) is 1. The number of carbonyl (C=O) groups is 2. The molecule has 4 rings (SSSR count). The van der Waals surface area contributed by atoms with Gasteiger partial charge in [0, 0.05) is 18.0 Å². The van der Waals surface area contributed by atoms with Crippen LogP contribution >= 0.6 is 11.3 Å². The van der Waals surface area contributed by atoms with Crippen LogP contribution in [0.3, 0.4) is 0 Å². The van der Waals surface area contributed by atoms with Gasteiger partial charge in [-0.05, 0) is 55.0 Å². The monoisotopic (exact) mass is 422 g/mol. The molecule has 1 saturated heterocycles. The maximum atomic E-state index is 13.2. The average molecular weight is 422 g/mol. The summed E-state index contributed by atoms with van der Waals surface area (Å²) < 4.78 is 41.0. The quantitative estimate of drug-likeness (QED) is 0.685. The summed E-state index contributed by atoms with van der Waals surface area (Å²) >= 11 is 1.37. The van der Waals surface area contributed by atoms with Gasteiger partial charge in [-0.25, -0.2) is 4.90 Å². The zero-order chi connectivity index (χ0) is 20.6. The van der Waals surface area contributed by atoms with Crippen molar-refractivity contribution in [3.05, 3.63) is 52.4 Å². The number of rotatable bonds is 4. The van der Waals surface area contributed by atoms with E-state index in [-0.39, 0.29) is 5.69 Å². The van der Waals surface area contributed by atoms with Crippen LogP contribution in [0.1, 0.15) is 24.1 Å². The lowest BCUT2D eigenvalue weighted by molar-refractivity contribution is -0.274. The van der Waals surface area contributed by atoms with Gasteiger partial charge in [0.05, 0.1) is 11.3 Å². The van der Waals surface area contributed by atoms with Gasteiger partial charge in [0.25, 0.3) is 11.8 Å². The highest BCUT2D eigenvalue weighted by Crippen LogP contribution is 2.38.